The largest absolute Gasteiger partial charge is 0.387 e. The fourth-order valence-corrected chi connectivity index (χ4v) is 2.21. The summed E-state index contributed by atoms with van der Waals surface area (Å²) in [5.41, 5.74) is 0.583. The number of rotatable bonds is 4. The Balaban J connectivity index is 2.04. The lowest BCUT2D eigenvalue weighted by Crippen LogP contribution is -2.45. The number of morpholine rings is 1. The van der Waals surface area contributed by atoms with Gasteiger partial charge in [0, 0.05) is 31.3 Å². The molecule has 2 atom stereocenters. The van der Waals surface area contributed by atoms with E-state index in [1.165, 1.54) is 12.1 Å². The zero-order valence-corrected chi connectivity index (χ0v) is 10.9. The van der Waals surface area contributed by atoms with Gasteiger partial charge in [-0.15, -0.1) is 0 Å². The Morgan fingerprint density at radius 1 is 1.63 bits per heavy atom. The van der Waals surface area contributed by atoms with E-state index in [1.807, 2.05) is 6.92 Å². The first kappa shape index (κ1) is 13.9. The molecule has 2 rings (SSSR count). The van der Waals surface area contributed by atoms with Crippen LogP contribution in [0.25, 0.3) is 0 Å². The number of ether oxygens (including phenoxy) is 1. The van der Waals surface area contributed by atoms with Gasteiger partial charge in [0.05, 0.1) is 24.2 Å². The van der Waals surface area contributed by atoms with E-state index in [4.69, 9.17) is 4.74 Å². The maximum atomic E-state index is 10.7. The first-order chi connectivity index (χ1) is 9.08. The highest BCUT2D eigenvalue weighted by Gasteiger charge is 2.22. The molecule has 1 aliphatic heterocycles. The topological polar surface area (TPSA) is 75.8 Å². The second-order valence-corrected chi connectivity index (χ2v) is 4.79. The van der Waals surface area contributed by atoms with Crippen LogP contribution in [-0.4, -0.2) is 47.3 Å². The molecular formula is C13H18N2O4. The molecule has 1 aliphatic rings. The summed E-state index contributed by atoms with van der Waals surface area (Å²) < 4.78 is 5.34. The third-order valence-corrected chi connectivity index (χ3v) is 3.38. The Hall–Kier alpha value is -1.50. The number of hydrogen-bond acceptors (Lipinski definition) is 5. The van der Waals surface area contributed by atoms with Crippen molar-refractivity contribution in [3.63, 3.8) is 0 Å². The van der Waals surface area contributed by atoms with E-state index in [-0.39, 0.29) is 11.7 Å². The predicted molar refractivity (Wildman–Crippen MR) is 69.9 cm³/mol. The van der Waals surface area contributed by atoms with E-state index in [0.717, 1.165) is 6.54 Å². The molecule has 19 heavy (non-hydrogen) atoms. The first-order valence-electron chi connectivity index (χ1n) is 6.32. The molecule has 0 bridgehead atoms. The smallest absolute Gasteiger partial charge is 0.269 e. The second-order valence-electron chi connectivity index (χ2n) is 4.79. The maximum Gasteiger partial charge on any atom is 0.269 e. The van der Waals surface area contributed by atoms with Crippen molar-refractivity contribution in [3.8, 4) is 0 Å². The second kappa shape index (κ2) is 6.10. The lowest BCUT2D eigenvalue weighted by atomic mass is 10.1. The minimum atomic E-state index is -0.722. The lowest BCUT2D eigenvalue weighted by Gasteiger charge is -2.34. The van der Waals surface area contributed by atoms with Crippen LogP contribution in [0.15, 0.2) is 24.3 Å². The van der Waals surface area contributed by atoms with Gasteiger partial charge >= 0.3 is 0 Å². The van der Waals surface area contributed by atoms with Crippen molar-refractivity contribution >= 4 is 5.69 Å². The molecule has 1 fully saturated rings. The molecule has 1 N–H and O–H groups in total. The average molecular weight is 266 g/mol. The number of β-amino-alcohol motifs (C(OH)–C–C–N with tert-alkyl or cyclic N) is 1. The highest BCUT2D eigenvalue weighted by molar-refractivity contribution is 5.35. The molecule has 0 aliphatic carbocycles. The molecule has 1 heterocycles. The highest BCUT2D eigenvalue weighted by Crippen LogP contribution is 2.21. The van der Waals surface area contributed by atoms with Crippen LogP contribution in [-0.2, 0) is 4.74 Å². The lowest BCUT2D eigenvalue weighted by molar-refractivity contribution is -0.385. The van der Waals surface area contributed by atoms with Crippen molar-refractivity contribution in [3.05, 3.63) is 39.9 Å². The number of benzene rings is 1. The molecule has 1 aromatic rings. The quantitative estimate of drug-likeness (QED) is 0.657. The summed E-state index contributed by atoms with van der Waals surface area (Å²) in [6.07, 6.45) is -0.722. The van der Waals surface area contributed by atoms with Crippen LogP contribution in [0.1, 0.15) is 18.6 Å². The van der Waals surface area contributed by atoms with Crippen LogP contribution in [0.5, 0.6) is 0 Å². The minimum absolute atomic E-state index is 0.00609. The van der Waals surface area contributed by atoms with Crippen molar-refractivity contribution < 1.29 is 14.8 Å². The summed E-state index contributed by atoms with van der Waals surface area (Å²) >= 11 is 0. The van der Waals surface area contributed by atoms with Crippen LogP contribution >= 0.6 is 0 Å². The van der Waals surface area contributed by atoms with Crippen molar-refractivity contribution in [1.82, 2.24) is 4.90 Å². The zero-order chi connectivity index (χ0) is 13.8. The number of aliphatic hydroxyl groups excluding tert-OH is 1. The molecule has 0 spiro atoms. The predicted octanol–water partition coefficient (Wildman–Crippen LogP) is 1.35. The molecule has 2 unspecified atom stereocenters. The van der Waals surface area contributed by atoms with Gasteiger partial charge in [0.25, 0.3) is 5.69 Å². The van der Waals surface area contributed by atoms with Crippen LogP contribution < -0.4 is 0 Å². The van der Waals surface area contributed by atoms with Crippen LogP contribution in [0.3, 0.4) is 0 Å². The summed E-state index contributed by atoms with van der Waals surface area (Å²) in [7, 11) is 0. The van der Waals surface area contributed by atoms with Gasteiger partial charge in [-0.05, 0) is 12.5 Å². The molecule has 0 aromatic heterocycles. The van der Waals surface area contributed by atoms with Crippen molar-refractivity contribution in [1.29, 1.82) is 0 Å². The standard InChI is InChI=1S/C13H18N2O4/c1-10-9-19-6-5-14(10)8-13(16)11-3-2-4-12(7-11)15(17)18/h2-4,7,10,13,16H,5-6,8-9H2,1H3. The Kier molecular flexibility index (Phi) is 4.47. The number of aliphatic hydroxyl groups is 1. The van der Waals surface area contributed by atoms with Gasteiger partial charge in [-0.25, -0.2) is 0 Å². The molecular weight excluding hydrogens is 248 g/mol. The number of nitro groups is 1. The summed E-state index contributed by atoms with van der Waals surface area (Å²) in [6, 6.07) is 6.41. The van der Waals surface area contributed by atoms with E-state index in [1.54, 1.807) is 12.1 Å². The maximum absolute atomic E-state index is 10.7. The van der Waals surface area contributed by atoms with E-state index in [0.29, 0.717) is 25.3 Å². The first-order valence-corrected chi connectivity index (χ1v) is 6.32. The van der Waals surface area contributed by atoms with Crippen LogP contribution in [0, 0.1) is 10.1 Å². The molecule has 0 amide bonds. The summed E-state index contributed by atoms with van der Waals surface area (Å²) in [6.45, 7) is 4.59. The van der Waals surface area contributed by atoms with Gasteiger partial charge < -0.3 is 9.84 Å². The molecule has 6 nitrogen and oxygen atoms in total. The monoisotopic (exact) mass is 266 g/mol. The molecule has 6 heteroatoms. The Morgan fingerprint density at radius 3 is 3.11 bits per heavy atom. The van der Waals surface area contributed by atoms with Gasteiger partial charge in [-0.1, -0.05) is 12.1 Å². The Morgan fingerprint density at radius 2 is 2.42 bits per heavy atom. The molecule has 1 aromatic carbocycles. The summed E-state index contributed by atoms with van der Waals surface area (Å²) in [4.78, 5) is 12.4. The Bertz CT molecular complexity index is 452. The molecule has 0 saturated carbocycles. The van der Waals surface area contributed by atoms with Crippen molar-refractivity contribution in [2.24, 2.45) is 0 Å². The van der Waals surface area contributed by atoms with E-state index in [9.17, 15) is 15.2 Å². The van der Waals surface area contributed by atoms with E-state index in [2.05, 4.69) is 4.90 Å². The third-order valence-electron chi connectivity index (χ3n) is 3.38. The summed E-state index contributed by atoms with van der Waals surface area (Å²) in [5.74, 6) is 0. The van der Waals surface area contributed by atoms with Gasteiger partial charge in [0.1, 0.15) is 0 Å². The SMILES string of the molecule is CC1COCCN1CC(O)c1cccc([N+](=O)[O-])c1. The minimum Gasteiger partial charge on any atom is -0.387 e. The average Bonchev–Trinajstić information content (AvgIpc) is 2.41. The normalized spacial score (nSPS) is 22.1. The van der Waals surface area contributed by atoms with Crippen molar-refractivity contribution in [2.45, 2.75) is 19.1 Å². The number of nitro benzene ring substituents is 1. The molecule has 104 valence electrons. The van der Waals surface area contributed by atoms with Gasteiger partial charge in [-0.2, -0.15) is 0 Å². The Labute approximate surface area is 111 Å². The number of non-ortho nitro benzene ring substituents is 1. The van der Waals surface area contributed by atoms with Crippen LogP contribution in [0.2, 0.25) is 0 Å². The van der Waals surface area contributed by atoms with Crippen molar-refractivity contribution in [2.75, 3.05) is 26.3 Å². The fourth-order valence-electron chi connectivity index (χ4n) is 2.21. The van der Waals surface area contributed by atoms with Crippen LogP contribution in [0.4, 0.5) is 5.69 Å². The number of hydrogen-bond donors (Lipinski definition) is 1. The number of nitrogens with zero attached hydrogens (tertiary/aromatic N) is 2. The van der Waals surface area contributed by atoms with E-state index < -0.39 is 11.0 Å². The molecule has 1 saturated heterocycles. The fraction of sp³-hybridized carbons (Fsp3) is 0.538. The molecule has 0 radical (unpaired) electrons. The van der Waals surface area contributed by atoms with Gasteiger partial charge in [0.2, 0.25) is 0 Å². The van der Waals surface area contributed by atoms with Gasteiger partial charge in [-0.3, -0.25) is 15.0 Å². The summed E-state index contributed by atoms with van der Waals surface area (Å²) in [5, 5.41) is 20.9. The highest BCUT2D eigenvalue weighted by atomic mass is 16.6. The van der Waals surface area contributed by atoms with E-state index >= 15 is 0 Å². The third kappa shape index (κ3) is 3.50. The van der Waals surface area contributed by atoms with Gasteiger partial charge in [0.15, 0.2) is 0 Å². The zero-order valence-electron chi connectivity index (χ0n) is 10.9.